The van der Waals surface area contributed by atoms with E-state index in [1.165, 1.54) is 0 Å². The third kappa shape index (κ3) is 3.96. The summed E-state index contributed by atoms with van der Waals surface area (Å²) < 4.78 is 7.77. The van der Waals surface area contributed by atoms with Crippen LogP contribution in [0.15, 0.2) is 10.6 Å². The number of hydrogen-bond donors (Lipinski definition) is 1. The van der Waals surface area contributed by atoms with Crippen molar-refractivity contribution in [3.8, 4) is 11.5 Å². The third-order valence-corrected chi connectivity index (χ3v) is 5.54. The average molecular weight is 434 g/mol. The third-order valence-electron chi connectivity index (χ3n) is 5.54. The van der Waals surface area contributed by atoms with Crippen LogP contribution in [0.4, 0.5) is 0 Å². The molecular weight excluding hydrogens is 402 g/mol. The van der Waals surface area contributed by atoms with Gasteiger partial charge in [0.25, 0.3) is 5.89 Å². The number of nitrogens with zero attached hydrogens (tertiary/aromatic N) is 6. The van der Waals surface area contributed by atoms with Gasteiger partial charge in [0.05, 0.1) is 28.2 Å². The van der Waals surface area contributed by atoms with Crippen molar-refractivity contribution in [1.29, 1.82) is 0 Å². The fraction of sp³-hybridized carbons (Fsp3) is 0.619. The first kappa shape index (κ1) is 22.7. The number of rotatable bonds is 3. The molecule has 1 N–H and O–H groups in total. The summed E-state index contributed by atoms with van der Waals surface area (Å²) in [5, 5.41) is 13.5. The molecule has 4 heterocycles. The summed E-state index contributed by atoms with van der Waals surface area (Å²) >= 11 is 0. The highest BCUT2D eigenvalue weighted by Gasteiger charge is 2.28. The normalized spacial score (nSPS) is 18.2. The second-order valence-corrected chi connectivity index (χ2v) is 9.27. The second-order valence-electron chi connectivity index (χ2n) is 9.27. The number of fused-ring (bicyclic) bond motifs is 1. The van der Waals surface area contributed by atoms with Gasteiger partial charge in [0.15, 0.2) is 11.5 Å². The van der Waals surface area contributed by atoms with E-state index in [1.54, 1.807) is 0 Å². The number of nitrogens with one attached hydrogen (secondary N) is 1. The van der Waals surface area contributed by atoms with E-state index < -0.39 is 0 Å². The molecule has 0 amide bonds. The Hall–Kier alpha value is -2.03. The first-order valence-corrected chi connectivity index (χ1v) is 10.3. The number of aryl methyl sites for hydroxylation is 1. The number of pyridine rings is 1. The van der Waals surface area contributed by atoms with Crippen LogP contribution in [0.2, 0.25) is 0 Å². The van der Waals surface area contributed by atoms with Gasteiger partial charge in [-0.05, 0) is 46.7 Å². The maximum Gasteiger partial charge on any atom is 0.258 e. The summed E-state index contributed by atoms with van der Waals surface area (Å²) in [6, 6.07) is 2.19. The zero-order valence-electron chi connectivity index (χ0n) is 18.9. The van der Waals surface area contributed by atoms with E-state index in [1.807, 2.05) is 11.6 Å². The van der Waals surface area contributed by atoms with Crippen molar-refractivity contribution in [3.63, 3.8) is 0 Å². The maximum atomic E-state index is 5.76. The lowest BCUT2D eigenvalue weighted by Gasteiger charge is -2.30. The SMILES string of the molecule is Cc1nn(C(C)(C)C)c2nc(C(C)C)cc(-c3nc(C4CNCCN4C)no3)c12.Cl. The fourth-order valence-electron chi connectivity index (χ4n) is 3.81. The molecule has 0 radical (unpaired) electrons. The number of likely N-dealkylation sites (N-methyl/N-ethyl adjacent to an activating group) is 1. The van der Waals surface area contributed by atoms with Crippen molar-refractivity contribution in [2.24, 2.45) is 0 Å². The molecule has 1 saturated heterocycles. The monoisotopic (exact) mass is 433 g/mol. The summed E-state index contributed by atoms with van der Waals surface area (Å²) in [4.78, 5) is 12.0. The van der Waals surface area contributed by atoms with Crippen molar-refractivity contribution < 1.29 is 4.52 Å². The van der Waals surface area contributed by atoms with Crippen molar-refractivity contribution in [3.05, 3.63) is 23.3 Å². The molecule has 1 aliphatic rings. The molecule has 164 valence electrons. The Morgan fingerprint density at radius 3 is 2.60 bits per heavy atom. The van der Waals surface area contributed by atoms with Crippen LogP contribution in [0, 0.1) is 6.92 Å². The molecule has 30 heavy (non-hydrogen) atoms. The van der Waals surface area contributed by atoms with Crippen LogP contribution in [0.3, 0.4) is 0 Å². The Balaban J connectivity index is 0.00000256. The van der Waals surface area contributed by atoms with Crippen LogP contribution in [-0.2, 0) is 5.54 Å². The molecule has 0 aliphatic carbocycles. The summed E-state index contributed by atoms with van der Waals surface area (Å²) in [6.45, 7) is 15.5. The minimum absolute atomic E-state index is 0. The molecular formula is C21H32ClN7O. The van der Waals surface area contributed by atoms with Gasteiger partial charge in [0, 0.05) is 25.3 Å². The predicted octanol–water partition coefficient (Wildman–Crippen LogP) is 3.67. The van der Waals surface area contributed by atoms with E-state index in [2.05, 4.69) is 63.1 Å². The van der Waals surface area contributed by atoms with E-state index in [0.717, 1.165) is 47.6 Å². The molecule has 3 aromatic heterocycles. The van der Waals surface area contributed by atoms with Gasteiger partial charge in [-0.1, -0.05) is 19.0 Å². The number of aromatic nitrogens is 5. The van der Waals surface area contributed by atoms with Gasteiger partial charge < -0.3 is 9.84 Å². The molecule has 0 spiro atoms. The van der Waals surface area contributed by atoms with Crippen molar-refractivity contribution in [1.82, 2.24) is 35.1 Å². The summed E-state index contributed by atoms with van der Waals surface area (Å²) in [5.41, 5.74) is 3.52. The van der Waals surface area contributed by atoms with E-state index in [4.69, 9.17) is 19.6 Å². The van der Waals surface area contributed by atoms with Crippen LogP contribution >= 0.6 is 12.4 Å². The van der Waals surface area contributed by atoms with Crippen LogP contribution in [-0.4, -0.2) is 56.5 Å². The van der Waals surface area contributed by atoms with Gasteiger partial charge in [-0.15, -0.1) is 12.4 Å². The van der Waals surface area contributed by atoms with Crippen LogP contribution in [0.5, 0.6) is 0 Å². The quantitative estimate of drug-likeness (QED) is 0.674. The molecule has 1 fully saturated rings. The van der Waals surface area contributed by atoms with Gasteiger partial charge in [0.2, 0.25) is 0 Å². The standard InChI is InChI=1S/C21H31N7O.ClH/c1-12(2)15-10-14(17-13(3)25-28(19(17)23-15)21(4,5)6)20-24-18(26-29-20)16-11-22-8-9-27(16)7;/h10,12,16,22H,8-9,11H2,1-7H3;1H. The molecule has 0 aromatic carbocycles. The van der Waals surface area contributed by atoms with Gasteiger partial charge in [-0.25, -0.2) is 9.67 Å². The van der Waals surface area contributed by atoms with E-state index in [0.29, 0.717) is 11.7 Å². The molecule has 3 aromatic rings. The first-order valence-electron chi connectivity index (χ1n) is 10.3. The minimum atomic E-state index is -0.178. The molecule has 4 rings (SSSR count). The lowest BCUT2D eigenvalue weighted by Crippen LogP contribution is -2.44. The Labute approximate surface area is 183 Å². The number of hydrogen-bond acceptors (Lipinski definition) is 7. The van der Waals surface area contributed by atoms with Crippen molar-refractivity contribution >= 4 is 23.4 Å². The molecule has 8 nitrogen and oxygen atoms in total. The first-order chi connectivity index (χ1) is 13.7. The van der Waals surface area contributed by atoms with Crippen LogP contribution in [0.1, 0.15) is 63.8 Å². The number of piperazine rings is 1. The molecule has 1 aliphatic heterocycles. The molecule has 1 atom stereocenters. The highest BCUT2D eigenvalue weighted by molar-refractivity contribution is 5.93. The summed E-state index contributed by atoms with van der Waals surface area (Å²) in [5.74, 6) is 1.52. The smallest absolute Gasteiger partial charge is 0.258 e. The van der Waals surface area contributed by atoms with Gasteiger partial charge >= 0.3 is 0 Å². The Bertz CT molecular complexity index is 1030. The zero-order valence-corrected chi connectivity index (χ0v) is 19.7. The Morgan fingerprint density at radius 2 is 1.97 bits per heavy atom. The molecule has 0 saturated carbocycles. The highest BCUT2D eigenvalue weighted by atomic mass is 35.5. The molecule has 9 heteroatoms. The zero-order chi connectivity index (χ0) is 20.9. The van der Waals surface area contributed by atoms with Gasteiger partial charge in [-0.3, -0.25) is 4.90 Å². The lowest BCUT2D eigenvalue weighted by molar-refractivity contribution is 0.190. The minimum Gasteiger partial charge on any atom is -0.334 e. The van der Waals surface area contributed by atoms with Crippen molar-refractivity contribution in [2.45, 2.75) is 59.0 Å². The molecule has 0 bridgehead atoms. The van der Waals surface area contributed by atoms with E-state index >= 15 is 0 Å². The Kier molecular flexibility index (Phi) is 6.23. The molecule has 1 unspecified atom stereocenters. The van der Waals surface area contributed by atoms with E-state index in [9.17, 15) is 0 Å². The van der Waals surface area contributed by atoms with Gasteiger partial charge in [0.1, 0.15) is 0 Å². The highest BCUT2D eigenvalue weighted by Crippen LogP contribution is 2.34. The Morgan fingerprint density at radius 1 is 1.23 bits per heavy atom. The average Bonchev–Trinajstić information content (AvgIpc) is 3.26. The predicted molar refractivity (Wildman–Crippen MR) is 120 cm³/mol. The maximum absolute atomic E-state index is 5.76. The fourth-order valence-corrected chi connectivity index (χ4v) is 3.81. The summed E-state index contributed by atoms with van der Waals surface area (Å²) in [7, 11) is 2.10. The van der Waals surface area contributed by atoms with Gasteiger partial charge in [-0.2, -0.15) is 10.1 Å². The second kappa shape index (κ2) is 8.24. The largest absolute Gasteiger partial charge is 0.334 e. The summed E-state index contributed by atoms with van der Waals surface area (Å²) in [6.07, 6.45) is 0. The van der Waals surface area contributed by atoms with Crippen LogP contribution < -0.4 is 5.32 Å². The topological polar surface area (TPSA) is 84.9 Å². The number of halogens is 1. The van der Waals surface area contributed by atoms with Crippen molar-refractivity contribution in [2.75, 3.05) is 26.7 Å². The lowest BCUT2D eigenvalue weighted by atomic mass is 10.0. The van der Waals surface area contributed by atoms with Crippen LogP contribution in [0.25, 0.3) is 22.5 Å². The van der Waals surface area contributed by atoms with E-state index in [-0.39, 0.29) is 29.9 Å².